The predicted octanol–water partition coefficient (Wildman–Crippen LogP) is -1.07. The SMILES string of the molecule is N1NC2OSNC12. The number of hydrazine groups is 1. The topological polar surface area (TPSA) is 45.3 Å². The number of nitrogens with one attached hydrogen (secondary N) is 3. The van der Waals surface area contributed by atoms with E-state index in [1.807, 2.05) is 0 Å². The van der Waals surface area contributed by atoms with Gasteiger partial charge < -0.3 is 0 Å². The van der Waals surface area contributed by atoms with Crippen molar-refractivity contribution < 1.29 is 4.18 Å². The molecule has 2 aliphatic rings. The van der Waals surface area contributed by atoms with E-state index in [-0.39, 0.29) is 6.23 Å². The molecule has 7 heavy (non-hydrogen) atoms. The summed E-state index contributed by atoms with van der Waals surface area (Å²) in [6, 6.07) is 0. The lowest BCUT2D eigenvalue weighted by atomic mass is 10.4. The van der Waals surface area contributed by atoms with E-state index in [0.29, 0.717) is 6.17 Å². The maximum Gasteiger partial charge on any atom is 0.167 e. The van der Waals surface area contributed by atoms with E-state index in [4.69, 9.17) is 4.18 Å². The van der Waals surface area contributed by atoms with Crippen LogP contribution in [0.25, 0.3) is 0 Å². The quantitative estimate of drug-likeness (QED) is 0.280. The smallest absolute Gasteiger partial charge is 0.167 e. The van der Waals surface area contributed by atoms with Crippen molar-refractivity contribution in [2.45, 2.75) is 12.4 Å². The van der Waals surface area contributed by atoms with Crippen LogP contribution < -0.4 is 15.6 Å². The summed E-state index contributed by atoms with van der Waals surface area (Å²) in [5, 5.41) is 0. The molecule has 0 amide bonds. The maximum atomic E-state index is 4.98. The van der Waals surface area contributed by atoms with Crippen molar-refractivity contribution in [3.8, 4) is 0 Å². The molecule has 0 aromatic rings. The molecular formula is C2H5N3OS. The summed E-state index contributed by atoms with van der Waals surface area (Å²) >= 11 is 1.28. The second-order valence-corrected chi connectivity index (χ2v) is 2.08. The Hall–Kier alpha value is 0.190. The van der Waals surface area contributed by atoms with Gasteiger partial charge in [0.15, 0.2) is 6.23 Å². The number of hydrogen-bond acceptors (Lipinski definition) is 5. The van der Waals surface area contributed by atoms with Crippen LogP contribution in [0.3, 0.4) is 0 Å². The first-order valence-corrected chi connectivity index (χ1v) is 2.80. The van der Waals surface area contributed by atoms with Crippen LogP contribution >= 0.6 is 12.2 Å². The van der Waals surface area contributed by atoms with Crippen LogP contribution in [0.2, 0.25) is 0 Å². The van der Waals surface area contributed by atoms with Gasteiger partial charge in [0.2, 0.25) is 0 Å². The maximum absolute atomic E-state index is 4.98. The fraction of sp³-hybridized carbons (Fsp3) is 1.00. The Morgan fingerprint density at radius 2 is 2.43 bits per heavy atom. The van der Waals surface area contributed by atoms with Crippen LogP contribution in [0.15, 0.2) is 0 Å². The van der Waals surface area contributed by atoms with Gasteiger partial charge in [0, 0.05) is 0 Å². The Balaban J connectivity index is 2.03. The summed E-state index contributed by atoms with van der Waals surface area (Å²) in [4.78, 5) is 0. The highest BCUT2D eigenvalue weighted by Crippen LogP contribution is 2.17. The predicted molar refractivity (Wildman–Crippen MR) is 25.7 cm³/mol. The lowest BCUT2D eigenvalue weighted by Crippen LogP contribution is -2.68. The first-order valence-electron chi connectivity index (χ1n) is 2.06. The Morgan fingerprint density at radius 1 is 1.43 bits per heavy atom. The first-order chi connectivity index (χ1) is 3.47. The highest BCUT2D eigenvalue weighted by atomic mass is 32.2. The van der Waals surface area contributed by atoms with Gasteiger partial charge in [0.1, 0.15) is 6.17 Å². The number of hydrogen-bond donors (Lipinski definition) is 3. The van der Waals surface area contributed by atoms with Crippen molar-refractivity contribution in [2.24, 2.45) is 0 Å². The molecule has 2 unspecified atom stereocenters. The third-order valence-electron chi connectivity index (χ3n) is 1.01. The fourth-order valence-corrected chi connectivity index (χ4v) is 1.14. The zero-order valence-electron chi connectivity index (χ0n) is 3.47. The minimum absolute atomic E-state index is 0.185. The number of rotatable bonds is 0. The first kappa shape index (κ1) is 4.11. The Kier molecular flexibility index (Phi) is 0.781. The molecule has 2 saturated heterocycles. The molecule has 0 aromatic heterocycles. The van der Waals surface area contributed by atoms with Crippen molar-refractivity contribution in [2.75, 3.05) is 0 Å². The van der Waals surface area contributed by atoms with E-state index in [2.05, 4.69) is 15.6 Å². The summed E-state index contributed by atoms with van der Waals surface area (Å²) < 4.78 is 7.96. The van der Waals surface area contributed by atoms with Crippen molar-refractivity contribution in [1.82, 2.24) is 15.6 Å². The minimum atomic E-state index is 0.185. The van der Waals surface area contributed by atoms with Crippen LogP contribution in [-0.4, -0.2) is 12.4 Å². The van der Waals surface area contributed by atoms with E-state index in [1.54, 1.807) is 0 Å². The minimum Gasteiger partial charge on any atom is -0.278 e. The van der Waals surface area contributed by atoms with E-state index < -0.39 is 0 Å². The van der Waals surface area contributed by atoms with Crippen molar-refractivity contribution >= 4 is 12.2 Å². The van der Waals surface area contributed by atoms with E-state index in [1.165, 1.54) is 12.2 Å². The number of fused-ring (bicyclic) bond motifs is 1. The largest absolute Gasteiger partial charge is 0.278 e. The molecular weight excluding hydrogens is 114 g/mol. The standard InChI is InChI=1S/C2H5N3OS/c3-1-2(4-3)6-7-5-1/h1-5H. The van der Waals surface area contributed by atoms with Crippen LogP contribution in [0.1, 0.15) is 0 Å². The average Bonchev–Trinajstić information content (AvgIpc) is 1.85. The lowest BCUT2D eigenvalue weighted by Gasteiger charge is -2.29. The van der Waals surface area contributed by atoms with Crippen LogP contribution in [0, 0.1) is 0 Å². The molecule has 2 fully saturated rings. The van der Waals surface area contributed by atoms with Crippen LogP contribution in [0.4, 0.5) is 0 Å². The second-order valence-electron chi connectivity index (χ2n) is 1.48. The summed E-state index contributed by atoms with van der Waals surface area (Å²) in [5.41, 5.74) is 5.75. The van der Waals surface area contributed by atoms with Crippen LogP contribution in [0.5, 0.6) is 0 Å². The van der Waals surface area contributed by atoms with Crippen molar-refractivity contribution in [1.29, 1.82) is 0 Å². The average molecular weight is 119 g/mol. The van der Waals surface area contributed by atoms with Crippen molar-refractivity contribution in [3.63, 3.8) is 0 Å². The molecule has 0 saturated carbocycles. The highest BCUT2D eigenvalue weighted by Gasteiger charge is 2.36. The van der Waals surface area contributed by atoms with Crippen LogP contribution in [-0.2, 0) is 4.18 Å². The van der Waals surface area contributed by atoms with Gasteiger partial charge >= 0.3 is 0 Å². The van der Waals surface area contributed by atoms with Gasteiger partial charge in [-0.3, -0.25) is 4.18 Å². The Morgan fingerprint density at radius 3 is 2.71 bits per heavy atom. The van der Waals surface area contributed by atoms with Gasteiger partial charge in [-0.1, -0.05) is 0 Å². The molecule has 2 rings (SSSR count). The Labute approximate surface area is 45.3 Å². The third-order valence-corrected chi connectivity index (χ3v) is 1.66. The van der Waals surface area contributed by atoms with Gasteiger partial charge in [-0.05, 0) is 0 Å². The molecule has 0 spiro atoms. The molecule has 0 radical (unpaired) electrons. The van der Waals surface area contributed by atoms with E-state index in [0.717, 1.165) is 0 Å². The summed E-state index contributed by atoms with van der Waals surface area (Å²) in [6.45, 7) is 0. The van der Waals surface area contributed by atoms with E-state index >= 15 is 0 Å². The van der Waals surface area contributed by atoms with Crippen molar-refractivity contribution in [3.05, 3.63) is 0 Å². The summed E-state index contributed by atoms with van der Waals surface area (Å²) in [6.07, 6.45) is 0.509. The zero-order valence-corrected chi connectivity index (χ0v) is 4.29. The monoisotopic (exact) mass is 119 g/mol. The molecule has 2 atom stereocenters. The van der Waals surface area contributed by atoms with Gasteiger partial charge in [0.25, 0.3) is 0 Å². The van der Waals surface area contributed by atoms with E-state index in [9.17, 15) is 0 Å². The molecule has 2 aliphatic heterocycles. The third kappa shape index (κ3) is 0.471. The normalized spacial score (nSPS) is 48.0. The molecule has 4 nitrogen and oxygen atoms in total. The lowest BCUT2D eigenvalue weighted by molar-refractivity contribution is 0.0565. The van der Waals surface area contributed by atoms with Gasteiger partial charge in [0.05, 0.1) is 12.2 Å². The molecule has 5 heteroatoms. The molecule has 0 bridgehead atoms. The molecule has 40 valence electrons. The van der Waals surface area contributed by atoms with Gasteiger partial charge in [-0.15, -0.1) is 0 Å². The molecule has 0 aliphatic carbocycles. The summed E-state index contributed by atoms with van der Waals surface area (Å²) in [7, 11) is 0. The summed E-state index contributed by atoms with van der Waals surface area (Å²) in [5.74, 6) is 0. The van der Waals surface area contributed by atoms with Gasteiger partial charge in [-0.25, -0.2) is 15.6 Å². The molecule has 3 N–H and O–H groups in total. The second kappa shape index (κ2) is 1.33. The molecule has 0 aromatic carbocycles. The van der Waals surface area contributed by atoms with Gasteiger partial charge in [-0.2, -0.15) is 0 Å². The highest BCUT2D eigenvalue weighted by molar-refractivity contribution is 7.92. The Bertz CT molecular complexity index is 79.0. The molecule has 2 heterocycles. The zero-order chi connectivity index (χ0) is 4.69. The fourth-order valence-electron chi connectivity index (χ4n) is 0.537.